The fourth-order valence-corrected chi connectivity index (χ4v) is 3.56. The van der Waals surface area contributed by atoms with Gasteiger partial charge in [0.1, 0.15) is 11.3 Å². The van der Waals surface area contributed by atoms with Crippen molar-refractivity contribution in [3.63, 3.8) is 0 Å². The first-order valence-electron chi connectivity index (χ1n) is 9.45. The van der Waals surface area contributed by atoms with Crippen LogP contribution in [0.15, 0.2) is 42.5 Å². The van der Waals surface area contributed by atoms with Gasteiger partial charge in [0, 0.05) is 25.7 Å². The van der Waals surface area contributed by atoms with Crippen molar-refractivity contribution in [2.45, 2.75) is 19.3 Å². The van der Waals surface area contributed by atoms with E-state index in [2.05, 4.69) is 11.0 Å². The fourth-order valence-electron chi connectivity index (χ4n) is 3.56. The predicted octanol–water partition coefficient (Wildman–Crippen LogP) is 3.75. The third-order valence-corrected chi connectivity index (χ3v) is 5.10. The molecule has 2 aromatic rings. The van der Waals surface area contributed by atoms with Crippen LogP contribution in [-0.2, 0) is 4.74 Å². The highest BCUT2D eigenvalue weighted by atomic mass is 16.5. The SMILES string of the molecule is COC(=O)c1ccc(C(=O)N(C)c2ccccc2N2CCCCC2)cc1OC. The van der Waals surface area contributed by atoms with Gasteiger partial charge >= 0.3 is 5.97 Å². The molecule has 1 heterocycles. The minimum absolute atomic E-state index is 0.167. The molecule has 3 rings (SSSR count). The fraction of sp³-hybridized carbons (Fsp3) is 0.364. The number of esters is 1. The van der Waals surface area contributed by atoms with Gasteiger partial charge < -0.3 is 19.3 Å². The van der Waals surface area contributed by atoms with Crippen molar-refractivity contribution < 1.29 is 19.1 Å². The third-order valence-electron chi connectivity index (χ3n) is 5.10. The van der Waals surface area contributed by atoms with Crippen LogP contribution in [0.2, 0.25) is 0 Å². The first-order chi connectivity index (χ1) is 13.6. The Morgan fingerprint density at radius 2 is 1.71 bits per heavy atom. The summed E-state index contributed by atoms with van der Waals surface area (Å²) in [6.07, 6.45) is 3.58. The van der Waals surface area contributed by atoms with E-state index >= 15 is 0 Å². The summed E-state index contributed by atoms with van der Waals surface area (Å²) in [6, 6.07) is 12.7. The maximum Gasteiger partial charge on any atom is 0.341 e. The molecule has 6 nitrogen and oxygen atoms in total. The van der Waals surface area contributed by atoms with Crippen LogP contribution in [0.1, 0.15) is 40.0 Å². The molecule has 0 radical (unpaired) electrons. The molecule has 148 valence electrons. The molecule has 6 heteroatoms. The number of benzene rings is 2. The van der Waals surface area contributed by atoms with Crippen molar-refractivity contribution in [2.75, 3.05) is 44.2 Å². The number of carbonyl (C=O) groups excluding carboxylic acids is 2. The maximum absolute atomic E-state index is 13.1. The summed E-state index contributed by atoms with van der Waals surface area (Å²) in [4.78, 5) is 29.0. The van der Waals surface area contributed by atoms with Crippen molar-refractivity contribution in [3.05, 3.63) is 53.6 Å². The second-order valence-electron chi connectivity index (χ2n) is 6.81. The van der Waals surface area contributed by atoms with Crippen molar-refractivity contribution in [3.8, 4) is 5.75 Å². The zero-order valence-corrected chi connectivity index (χ0v) is 16.6. The number of ether oxygens (including phenoxy) is 2. The van der Waals surface area contributed by atoms with Gasteiger partial charge in [-0.05, 0) is 49.6 Å². The van der Waals surface area contributed by atoms with Gasteiger partial charge in [0.15, 0.2) is 0 Å². The summed E-state index contributed by atoms with van der Waals surface area (Å²) in [6.45, 7) is 2.00. The number of piperidine rings is 1. The predicted molar refractivity (Wildman–Crippen MR) is 110 cm³/mol. The lowest BCUT2D eigenvalue weighted by molar-refractivity contribution is 0.0596. The Bertz CT molecular complexity index is 859. The average Bonchev–Trinajstić information content (AvgIpc) is 2.77. The van der Waals surface area contributed by atoms with E-state index in [9.17, 15) is 9.59 Å². The molecule has 0 saturated carbocycles. The Kier molecular flexibility index (Phi) is 6.19. The monoisotopic (exact) mass is 382 g/mol. The van der Waals surface area contributed by atoms with Crippen LogP contribution < -0.4 is 14.5 Å². The number of methoxy groups -OCH3 is 2. The number of hydrogen-bond donors (Lipinski definition) is 0. The molecule has 1 aliphatic rings. The second kappa shape index (κ2) is 8.78. The lowest BCUT2D eigenvalue weighted by atomic mass is 10.1. The van der Waals surface area contributed by atoms with E-state index in [1.807, 2.05) is 18.2 Å². The number of para-hydroxylation sites is 2. The molecule has 0 aliphatic carbocycles. The van der Waals surface area contributed by atoms with Gasteiger partial charge in [-0.3, -0.25) is 4.79 Å². The zero-order valence-electron chi connectivity index (χ0n) is 16.6. The molecule has 0 spiro atoms. The lowest BCUT2D eigenvalue weighted by Crippen LogP contribution is -2.33. The first kappa shape index (κ1) is 19.7. The quantitative estimate of drug-likeness (QED) is 0.737. The van der Waals surface area contributed by atoms with Crippen molar-refractivity contribution in [2.24, 2.45) is 0 Å². The number of nitrogens with zero attached hydrogens (tertiary/aromatic N) is 2. The van der Waals surface area contributed by atoms with Gasteiger partial charge in [0.2, 0.25) is 0 Å². The number of carbonyl (C=O) groups is 2. The summed E-state index contributed by atoms with van der Waals surface area (Å²) in [5.74, 6) is -0.353. The third kappa shape index (κ3) is 3.96. The summed E-state index contributed by atoms with van der Waals surface area (Å²) in [5, 5.41) is 0. The first-order valence-corrected chi connectivity index (χ1v) is 9.45. The van der Waals surface area contributed by atoms with Crippen molar-refractivity contribution >= 4 is 23.3 Å². The van der Waals surface area contributed by atoms with Gasteiger partial charge in [-0.2, -0.15) is 0 Å². The van der Waals surface area contributed by atoms with Crippen LogP contribution in [0.3, 0.4) is 0 Å². The molecule has 0 bridgehead atoms. The highest BCUT2D eigenvalue weighted by Gasteiger charge is 2.22. The van der Waals surface area contributed by atoms with E-state index < -0.39 is 5.97 Å². The Hall–Kier alpha value is -3.02. The molecule has 1 saturated heterocycles. The lowest BCUT2D eigenvalue weighted by Gasteiger charge is -2.32. The summed E-state index contributed by atoms with van der Waals surface area (Å²) in [7, 11) is 4.54. The van der Waals surface area contributed by atoms with Crippen LogP contribution in [0, 0.1) is 0 Å². The van der Waals surface area contributed by atoms with Crippen molar-refractivity contribution in [1.82, 2.24) is 0 Å². The Labute approximate surface area is 165 Å². The van der Waals surface area contributed by atoms with Crippen LogP contribution in [-0.4, -0.2) is 46.2 Å². The number of rotatable bonds is 5. The number of anilines is 2. The Balaban J connectivity index is 1.90. The largest absolute Gasteiger partial charge is 0.496 e. The standard InChI is InChI=1S/C22H26N2O4/c1-23(18-9-5-6-10-19(18)24-13-7-4-8-14-24)21(25)16-11-12-17(22(26)28-3)20(15-16)27-2/h5-6,9-12,15H,4,7-8,13-14H2,1-3H3. The highest BCUT2D eigenvalue weighted by Crippen LogP contribution is 2.32. The molecule has 1 amide bonds. The van der Waals surface area contributed by atoms with Crippen LogP contribution >= 0.6 is 0 Å². The summed E-state index contributed by atoms with van der Waals surface area (Å²) >= 11 is 0. The van der Waals surface area contributed by atoms with E-state index in [4.69, 9.17) is 9.47 Å². The number of hydrogen-bond acceptors (Lipinski definition) is 5. The highest BCUT2D eigenvalue weighted by molar-refractivity contribution is 6.08. The maximum atomic E-state index is 13.1. The molecule has 28 heavy (non-hydrogen) atoms. The van der Waals surface area contributed by atoms with Crippen molar-refractivity contribution in [1.29, 1.82) is 0 Å². The molecule has 0 aromatic heterocycles. The molecular formula is C22H26N2O4. The van der Waals surface area contributed by atoms with E-state index in [0.29, 0.717) is 11.3 Å². The van der Waals surface area contributed by atoms with Gasteiger partial charge in [0.25, 0.3) is 5.91 Å². The molecular weight excluding hydrogens is 356 g/mol. The summed E-state index contributed by atoms with van der Waals surface area (Å²) < 4.78 is 10.0. The average molecular weight is 382 g/mol. The molecule has 2 aromatic carbocycles. The van der Waals surface area contributed by atoms with E-state index in [1.165, 1.54) is 20.6 Å². The topological polar surface area (TPSA) is 59.1 Å². The molecule has 0 unspecified atom stereocenters. The molecule has 0 atom stereocenters. The normalized spacial score (nSPS) is 13.8. The van der Waals surface area contributed by atoms with E-state index in [1.54, 1.807) is 30.1 Å². The van der Waals surface area contributed by atoms with Gasteiger partial charge in [0.05, 0.1) is 25.6 Å². The van der Waals surface area contributed by atoms with E-state index in [-0.39, 0.29) is 11.5 Å². The van der Waals surface area contributed by atoms with Gasteiger partial charge in [-0.1, -0.05) is 12.1 Å². The van der Waals surface area contributed by atoms with Gasteiger partial charge in [-0.25, -0.2) is 4.79 Å². The zero-order chi connectivity index (χ0) is 20.1. The molecule has 1 aliphatic heterocycles. The smallest absolute Gasteiger partial charge is 0.341 e. The van der Waals surface area contributed by atoms with Crippen LogP contribution in [0.5, 0.6) is 5.75 Å². The Morgan fingerprint density at radius 1 is 1.00 bits per heavy atom. The second-order valence-corrected chi connectivity index (χ2v) is 6.81. The van der Waals surface area contributed by atoms with Gasteiger partial charge in [-0.15, -0.1) is 0 Å². The summed E-state index contributed by atoms with van der Waals surface area (Å²) in [5.41, 5.74) is 2.67. The minimum atomic E-state index is -0.500. The Morgan fingerprint density at radius 3 is 2.39 bits per heavy atom. The van der Waals surface area contributed by atoms with Crippen LogP contribution in [0.25, 0.3) is 0 Å². The number of amides is 1. The van der Waals surface area contributed by atoms with E-state index in [0.717, 1.165) is 37.3 Å². The van der Waals surface area contributed by atoms with Crippen LogP contribution in [0.4, 0.5) is 11.4 Å². The minimum Gasteiger partial charge on any atom is -0.496 e. The molecule has 0 N–H and O–H groups in total. The molecule has 1 fully saturated rings.